The van der Waals surface area contributed by atoms with Gasteiger partial charge in [0.05, 0.1) is 92.5 Å². The lowest BCUT2D eigenvalue weighted by Crippen LogP contribution is -2.49. The molecule has 0 radical (unpaired) electrons. The Bertz CT molecular complexity index is 4120. The topological polar surface area (TPSA) is 170 Å². The summed E-state index contributed by atoms with van der Waals surface area (Å²) in [5.74, 6) is -0.919. The molecule has 0 spiro atoms. The quantitative estimate of drug-likeness (QED) is 0.0377. The molecule has 14 atom stereocenters. The van der Waals surface area contributed by atoms with Crippen molar-refractivity contribution >= 4 is 21.5 Å². The summed E-state index contributed by atoms with van der Waals surface area (Å²) in [5.41, 5.74) is 7.86. The van der Waals surface area contributed by atoms with Gasteiger partial charge in [0.15, 0.2) is 30.7 Å². The highest BCUT2D eigenvalue weighted by atomic mass is 19.1. The maximum Gasteiger partial charge on any atom is 0.192 e. The average Bonchev–Trinajstić information content (AvgIpc) is 1.65. The monoisotopic (exact) mass is 1430 g/mol. The summed E-state index contributed by atoms with van der Waals surface area (Å²) in [5, 5.41) is 24.4. The van der Waals surface area contributed by atoms with E-state index in [0.29, 0.717) is 19.8 Å². The Labute approximate surface area is 613 Å². The highest BCUT2D eigenvalue weighted by Crippen LogP contribution is 2.36. The molecule has 8 unspecified atom stereocenters. The zero-order valence-corrected chi connectivity index (χ0v) is 59.3. The number of alkyl halides is 2. The van der Waals surface area contributed by atoms with Gasteiger partial charge in [-0.3, -0.25) is 0 Å². The van der Waals surface area contributed by atoms with Gasteiger partial charge < -0.3 is 76.5 Å². The van der Waals surface area contributed by atoms with Crippen molar-refractivity contribution in [3.63, 3.8) is 0 Å². The molecule has 0 bridgehead atoms. The number of halogens is 2. The van der Waals surface area contributed by atoms with Gasteiger partial charge in [0.1, 0.15) is 61.0 Å². The van der Waals surface area contributed by atoms with Gasteiger partial charge in [-0.2, -0.15) is 0 Å². The molecule has 10 aromatic carbocycles. The molecule has 3 aliphatic heterocycles. The molecular formula is C87H94F2O16. The summed E-state index contributed by atoms with van der Waals surface area (Å²) in [7, 11) is 0. The van der Waals surface area contributed by atoms with Crippen molar-refractivity contribution in [2.24, 2.45) is 0 Å². The normalized spacial score (nSPS) is 21.6. The number of fused-ring (bicyclic) bond motifs is 3. The lowest BCUT2D eigenvalue weighted by molar-refractivity contribution is -0.299. The fraction of sp³-hybridized carbons (Fsp3) is 0.356. The van der Waals surface area contributed by atoms with Crippen LogP contribution in [0.4, 0.5) is 8.78 Å². The molecular weight excluding hydrogens is 1340 g/mol. The second-order valence-electron chi connectivity index (χ2n) is 26.9. The lowest BCUT2D eigenvalue weighted by atomic mass is 10.1. The van der Waals surface area contributed by atoms with E-state index in [9.17, 15) is 10.2 Å². The van der Waals surface area contributed by atoms with E-state index in [-0.39, 0.29) is 66.1 Å². The van der Waals surface area contributed by atoms with Crippen LogP contribution in [0.1, 0.15) is 58.4 Å². The van der Waals surface area contributed by atoms with E-state index < -0.39 is 98.4 Å². The number of rotatable bonds is 37. The zero-order valence-electron chi connectivity index (χ0n) is 59.3. The Balaban J connectivity index is 0.000000198. The zero-order chi connectivity index (χ0) is 72.4. The van der Waals surface area contributed by atoms with E-state index in [1.54, 1.807) is 13.8 Å². The average molecular weight is 1430 g/mol. The van der Waals surface area contributed by atoms with Crippen LogP contribution in [0.2, 0.25) is 0 Å². The summed E-state index contributed by atoms with van der Waals surface area (Å²) in [6.45, 7) is 5.67. The maximum atomic E-state index is 15.9. The molecule has 13 rings (SSSR count). The van der Waals surface area contributed by atoms with Crippen LogP contribution >= 0.6 is 0 Å². The van der Waals surface area contributed by atoms with Crippen LogP contribution < -0.4 is 0 Å². The third-order valence-electron chi connectivity index (χ3n) is 18.6. The summed E-state index contributed by atoms with van der Waals surface area (Å²) in [6, 6.07) is 88.1. The third kappa shape index (κ3) is 22.7. The molecule has 3 fully saturated rings. The minimum Gasteiger partial charge on any atom is -0.394 e. The van der Waals surface area contributed by atoms with Gasteiger partial charge in [-0.25, -0.2) is 8.78 Å². The van der Waals surface area contributed by atoms with Crippen LogP contribution in [-0.4, -0.2) is 142 Å². The minimum atomic E-state index is -1.85. The van der Waals surface area contributed by atoms with Gasteiger partial charge in [-0.15, -0.1) is 0 Å². The van der Waals surface area contributed by atoms with Crippen molar-refractivity contribution in [1.82, 2.24) is 0 Å². The van der Waals surface area contributed by atoms with Gasteiger partial charge in [0, 0.05) is 0 Å². The first-order chi connectivity index (χ1) is 51.5. The predicted molar refractivity (Wildman–Crippen MR) is 394 cm³/mol. The molecule has 18 heteroatoms. The molecule has 3 heterocycles. The van der Waals surface area contributed by atoms with Gasteiger partial charge >= 0.3 is 0 Å². The molecule has 10 aromatic rings. The van der Waals surface area contributed by atoms with Gasteiger partial charge in [-0.05, 0) is 92.0 Å². The minimum absolute atomic E-state index is 0.0447. The van der Waals surface area contributed by atoms with Crippen LogP contribution in [-0.2, 0) is 119 Å². The van der Waals surface area contributed by atoms with Crippen molar-refractivity contribution in [3.05, 3.63) is 311 Å². The van der Waals surface area contributed by atoms with E-state index >= 15 is 8.78 Å². The van der Waals surface area contributed by atoms with Crippen LogP contribution in [0.15, 0.2) is 267 Å². The first-order valence-corrected chi connectivity index (χ1v) is 35.9. The van der Waals surface area contributed by atoms with Crippen LogP contribution in [0.25, 0.3) is 21.5 Å². The predicted octanol–water partition coefficient (Wildman–Crippen LogP) is 14.9. The first-order valence-electron chi connectivity index (χ1n) is 35.9. The fourth-order valence-corrected chi connectivity index (χ4v) is 12.8. The van der Waals surface area contributed by atoms with E-state index in [4.69, 9.17) is 66.3 Å². The summed E-state index contributed by atoms with van der Waals surface area (Å²) < 4.78 is 119. The number of benzene rings is 10. The van der Waals surface area contributed by atoms with Gasteiger partial charge in [-0.1, -0.05) is 255 Å². The SMILES string of the molecule is CC1(C)OC[C@H]2O[C@@H](OCC(OCc3ccccc3)C(OCc3ccccc3)C(COCc3ccc4ccccc4c3)OCc3ccccc3)[C@@H](F)C2O1.OC[C@H]1O[C@@H](OCC(OCc2ccccc2)C(OCc2ccccc2)C(COCc2ccc3ccccc3c2)OCc2ccccc2)[C@@H](F)C1O. The third-order valence-corrected chi connectivity index (χ3v) is 18.6. The summed E-state index contributed by atoms with van der Waals surface area (Å²) in [4.78, 5) is 0. The van der Waals surface area contributed by atoms with Crippen molar-refractivity contribution in [2.75, 3.05) is 39.6 Å². The maximum absolute atomic E-state index is 15.9. The van der Waals surface area contributed by atoms with Crippen molar-refractivity contribution in [3.8, 4) is 0 Å². The highest BCUT2D eigenvalue weighted by Gasteiger charge is 2.53. The summed E-state index contributed by atoms with van der Waals surface area (Å²) >= 11 is 0. The number of aliphatic hydroxyl groups excluding tert-OH is 2. The molecule has 3 aliphatic rings. The molecule has 552 valence electrons. The number of aliphatic hydroxyl groups is 2. The lowest BCUT2D eigenvalue weighted by Gasteiger charge is -2.37. The molecule has 0 aliphatic carbocycles. The van der Waals surface area contributed by atoms with Crippen LogP contribution in [0.3, 0.4) is 0 Å². The van der Waals surface area contributed by atoms with E-state index in [1.165, 1.54) is 5.39 Å². The van der Waals surface area contributed by atoms with Crippen molar-refractivity contribution < 1.29 is 85.3 Å². The van der Waals surface area contributed by atoms with Crippen LogP contribution in [0, 0.1) is 0 Å². The molecule has 0 amide bonds. The molecule has 3 saturated heterocycles. The Morgan fingerprint density at radius 3 is 1.08 bits per heavy atom. The largest absolute Gasteiger partial charge is 0.394 e. The molecule has 16 nitrogen and oxygen atoms in total. The van der Waals surface area contributed by atoms with Gasteiger partial charge in [0.25, 0.3) is 0 Å². The van der Waals surface area contributed by atoms with Gasteiger partial charge in [0.2, 0.25) is 0 Å². The standard InChI is InChI=1S/C45H49FO8.C42H45FO8/c1-45(2)52-31-40-43(54-45)41(46)44(53-40)51-30-39(49-27-33-16-8-4-9-17-33)42(50-28-34-18-10-5-11-19-34)38(48-26-32-14-6-3-7-15-32)29-47-25-35-22-23-36-20-12-13-21-37(36)24-35;43-39-40(45)36(23-44)51-42(39)50-29-38(48-26-31-14-6-2-7-15-31)41(49-27-32-16-8-3-9-17-32)37(47-25-30-12-4-1-5-13-30)28-46-24-33-20-21-34-18-10-11-19-35(34)22-33/h3-24,38-44H,25-31H2,1-2H3;1-22,36-42,44-45H,23-29H2/t38?,39?,40-,41+,42?,43?,44-;36-,37?,38?,39+,40?,41?,42-/m11/s1. The van der Waals surface area contributed by atoms with Crippen molar-refractivity contribution in [1.29, 1.82) is 0 Å². The van der Waals surface area contributed by atoms with E-state index in [1.807, 2.05) is 212 Å². The Morgan fingerprint density at radius 1 is 0.381 bits per heavy atom. The van der Waals surface area contributed by atoms with E-state index in [2.05, 4.69) is 54.6 Å². The first kappa shape index (κ1) is 76.6. The second-order valence-corrected chi connectivity index (χ2v) is 26.9. The number of hydrogen-bond acceptors (Lipinski definition) is 16. The Hall–Kier alpha value is -8.06. The number of hydrogen-bond donors (Lipinski definition) is 2. The Kier molecular flexibility index (Phi) is 28.8. The fourth-order valence-electron chi connectivity index (χ4n) is 12.8. The highest BCUT2D eigenvalue weighted by molar-refractivity contribution is 5.83. The van der Waals surface area contributed by atoms with Crippen molar-refractivity contribution in [2.45, 2.75) is 158 Å². The van der Waals surface area contributed by atoms with E-state index in [0.717, 1.165) is 60.7 Å². The Morgan fingerprint density at radius 2 is 0.714 bits per heavy atom. The smallest absolute Gasteiger partial charge is 0.192 e. The summed E-state index contributed by atoms with van der Waals surface area (Å²) in [6.07, 6.45) is -14.2. The number of ether oxygens (including phenoxy) is 14. The molecule has 0 aromatic heterocycles. The molecule has 2 N–H and O–H groups in total. The molecule has 0 saturated carbocycles. The second kappa shape index (κ2) is 39.5. The van der Waals surface area contributed by atoms with Crippen LogP contribution in [0.5, 0.6) is 0 Å². The molecule has 105 heavy (non-hydrogen) atoms.